The summed E-state index contributed by atoms with van der Waals surface area (Å²) >= 11 is 0. The van der Waals surface area contributed by atoms with Crippen molar-refractivity contribution in [3.8, 4) is 0 Å². The van der Waals surface area contributed by atoms with Gasteiger partial charge in [-0.1, -0.05) is 19.9 Å². The van der Waals surface area contributed by atoms with Crippen LogP contribution >= 0.6 is 0 Å². The number of carbonyl (C=O) groups excluding carboxylic acids is 2. The number of aromatic nitrogens is 1. The quantitative estimate of drug-likeness (QED) is 0.581. The minimum atomic E-state index is -0.401. The summed E-state index contributed by atoms with van der Waals surface area (Å²) in [4.78, 5) is 30.5. The second-order valence-corrected chi connectivity index (χ2v) is 7.42. The van der Waals surface area contributed by atoms with Gasteiger partial charge in [-0.2, -0.15) is 0 Å². The molecule has 0 unspecified atom stereocenters. The first-order valence-corrected chi connectivity index (χ1v) is 10.3. The van der Waals surface area contributed by atoms with E-state index in [0.717, 1.165) is 25.2 Å². The molecule has 0 radical (unpaired) electrons. The Bertz CT molecular complexity index is 990. The molecule has 0 saturated heterocycles. The predicted molar refractivity (Wildman–Crippen MR) is 115 cm³/mol. The Hall–Kier alpha value is -2.77. The van der Waals surface area contributed by atoms with Gasteiger partial charge in [0.05, 0.1) is 17.9 Å². The molecule has 2 aromatic rings. The van der Waals surface area contributed by atoms with Crippen LogP contribution in [0.2, 0.25) is 0 Å². The lowest BCUT2D eigenvalue weighted by Crippen LogP contribution is -2.35. The molecule has 160 valence electrons. The van der Waals surface area contributed by atoms with E-state index in [0.29, 0.717) is 40.2 Å². The molecule has 0 atom stereocenters. The lowest BCUT2D eigenvalue weighted by molar-refractivity contribution is -0.112. The zero-order chi connectivity index (χ0) is 21.8. The molecule has 1 aromatic carbocycles. The molecule has 0 saturated carbocycles. The Morgan fingerprint density at radius 3 is 2.73 bits per heavy atom. The molecule has 6 nitrogen and oxygen atoms in total. The number of Topliss-reactive ketones (excluding diaryl/α,β-unsaturated/α-hetero) is 1. The Kier molecular flexibility index (Phi) is 6.84. The molecular weight excluding hydrogens is 385 g/mol. The van der Waals surface area contributed by atoms with Crippen LogP contribution in [-0.4, -0.2) is 52.9 Å². The monoisotopic (exact) mass is 413 g/mol. The summed E-state index contributed by atoms with van der Waals surface area (Å²) in [7, 11) is 0. The zero-order valence-corrected chi connectivity index (χ0v) is 17.6. The number of fused-ring (bicyclic) bond motifs is 1. The minimum Gasteiger partial charge on any atom is -0.390 e. The first-order chi connectivity index (χ1) is 14.4. The van der Waals surface area contributed by atoms with Gasteiger partial charge in [-0.05, 0) is 54.9 Å². The van der Waals surface area contributed by atoms with E-state index in [2.05, 4.69) is 29.0 Å². The summed E-state index contributed by atoms with van der Waals surface area (Å²) in [5, 5.41) is 12.6. The van der Waals surface area contributed by atoms with Crippen LogP contribution < -0.4 is 5.32 Å². The highest BCUT2D eigenvalue weighted by molar-refractivity contribution is 6.29. The third kappa shape index (κ3) is 4.37. The van der Waals surface area contributed by atoms with Crippen LogP contribution in [0.4, 0.5) is 4.39 Å². The summed E-state index contributed by atoms with van der Waals surface area (Å²) < 4.78 is 13.7. The molecule has 1 heterocycles. The highest BCUT2D eigenvalue weighted by Crippen LogP contribution is 2.33. The molecule has 1 aliphatic carbocycles. The van der Waals surface area contributed by atoms with E-state index in [1.54, 1.807) is 19.1 Å². The van der Waals surface area contributed by atoms with Crippen molar-refractivity contribution in [3.63, 3.8) is 0 Å². The van der Waals surface area contributed by atoms with Crippen molar-refractivity contribution in [2.24, 2.45) is 0 Å². The lowest BCUT2D eigenvalue weighted by Gasteiger charge is -2.18. The summed E-state index contributed by atoms with van der Waals surface area (Å²) in [6.07, 6.45) is 1.88. The Balaban J connectivity index is 1.88. The van der Waals surface area contributed by atoms with Crippen molar-refractivity contribution in [2.45, 2.75) is 33.8 Å². The maximum Gasteiger partial charge on any atom is 0.253 e. The van der Waals surface area contributed by atoms with Crippen molar-refractivity contribution in [2.75, 3.05) is 26.2 Å². The van der Waals surface area contributed by atoms with Crippen molar-refractivity contribution in [1.82, 2.24) is 15.2 Å². The van der Waals surface area contributed by atoms with E-state index in [-0.39, 0.29) is 24.7 Å². The number of H-pyrrole nitrogens is 1. The topological polar surface area (TPSA) is 85.4 Å². The SMILES string of the molecule is CCN(CC)CCNC(=O)c1c(CO)[nH]c(/C=C2\C(=O)Cc3ccc(F)cc32)c1C. The van der Waals surface area contributed by atoms with Crippen LogP contribution in [0.5, 0.6) is 0 Å². The van der Waals surface area contributed by atoms with Crippen molar-refractivity contribution < 1.29 is 19.1 Å². The number of amides is 1. The van der Waals surface area contributed by atoms with E-state index in [4.69, 9.17) is 0 Å². The van der Waals surface area contributed by atoms with Gasteiger partial charge in [-0.3, -0.25) is 9.59 Å². The molecule has 0 aliphatic heterocycles. The summed E-state index contributed by atoms with van der Waals surface area (Å²) in [5.74, 6) is -0.768. The summed E-state index contributed by atoms with van der Waals surface area (Å²) in [5.41, 5.74) is 3.75. The third-order valence-electron chi connectivity index (χ3n) is 5.66. The smallest absolute Gasteiger partial charge is 0.253 e. The molecule has 3 N–H and O–H groups in total. The molecule has 0 fully saturated rings. The lowest BCUT2D eigenvalue weighted by atomic mass is 10.0. The van der Waals surface area contributed by atoms with Gasteiger partial charge in [0.1, 0.15) is 5.82 Å². The fourth-order valence-electron chi connectivity index (χ4n) is 3.88. The normalized spacial score (nSPS) is 14.6. The van der Waals surface area contributed by atoms with E-state index < -0.39 is 5.82 Å². The number of aromatic amines is 1. The van der Waals surface area contributed by atoms with Gasteiger partial charge in [0, 0.05) is 30.8 Å². The number of likely N-dealkylation sites (N-methyl/N-ethyl adjacent to an activating group) is 1. The largest absolute Gasteiger partial charge is 0.390 e. The molecule has 0 bridgehead atoms. The van der Waals surface area contributed by atoms with Crippen LogP contribution in [0.3, 0.4) is 0 Å². The van der Waals surface area contributed by atoms with E-state index in [1.165, 1.54) is 12.1 Å². The number of nitrogens with zero attached hydrogens (tertiary/aromatic N) is 1. The number of aliphatic hydroxyl groups is 1. The molecule has 3 rings (SSSR count). The van der Waals surface area contributed by atoms with Gasteiger partial charge in [-0.15, -0.1) is 0 Å². The average molecular weight is 413 g/mol. The maximum atomic E-state index is 13.7. The van der Waals surface area contributed by atoms with E-state index >= 15 is 0 Å². The molecular formula is C23H28FN3O3. The molecule has 30 heavy (non-hydrogen) atoms. The number of benzene rings is 1. The predicted octanol–water partition coefficient (Wildman–Crippen LogP) is 2.69. The number of carbonyl (C=O) groups is 2. The van der Waals surface area contributed by atoms with Crippen molar-refractivity contribution >= 4 is 23.3 Å². The minimum absolute atomic E-state index is 0.0969. The van der Waals surface area contributed by atoms with Gasteiger partial charge >= 0.3 is 0 Å². The molecule has 0 spiro atoms. The third-order valence-corrected chi connectivity index (χ3v) is 5.66. The zero-order valence-electron chi connectivity index (χ0n) is 17.6. The number of ketones is 1. The maximum absolute atomic E-state index is 13.7. The molecule has 1 amide bonds. The van der Waals surface area contributed by atoms with Gasteiger partial charge in [0.25, 0.3) is 5.91 Å². The number of nitrogens with one attached hydrogen (secondary N) is 2. The Morgan fingerprint density at radius 2 is 2.07 bits per heavy atom. The number of hydrogen-bond donors (Lipinski definition) is 3. The van der Waals surface area contributed by atoms with Gasteiger partial charge < -0.3 is 20.3 Å². The standard InChI is InChI=1S/C23H28FN3O3/c1-4-27(5-2)9-8-25-23(30)22-14(3)19(26-20(22)13-28)12-18-17-11-16(24)7-6-15(17)10-21(18)29/h6-7,11-12,26,28H,4-5,8-10,13H2,1-3H3,(H,25,30)/b18-12-. The van der Waals surface area contributed by atoms with Crippen molar-refractivity contribution in [1.29, 1.82) is 0 Å². The van der Waals surface area contributed by atoms with Crippen LogP contribution in [0.1, 0.15) is 52.3 Å². The Morgan fingerprint density at radius 1 is 1.33 bits per heavy atom. The number of halogens is 1. The fourth-order valence-corrected chi connectivity index (χ4v) is 3.88. The van der Waals surface area contributed by atoms with Crippen molar-refractivity contribution in [3.05, 3.63) is 57.7 Å². The van der Waals surface area contributed by atoms with Gasteiger partial charge in [0.2, 0.25) is 0 Å². The summed E-state index contributed by atoms with van der Waals surface area (Å²) in [6, 6.07) is 4.33. The van der Waals surface area contributed by atoms with Crippen LogP contribution in [-0.2, 0) is 17.8 Å². The molecule has 7 heteroatoms. The summed E-state index contributed by atoms with van der Waals surface area (Å²) in [6.45, 7) is 8.63. The Labute approximate surface area is 175 Å². The second-order valence-electron chi connectivity index (χ2n) is 7.42. The fraction of sp³-hybridized carbons (Fsp3) is 0.391. The first kappa shape index (κ1) is 21.9. The van der Waals surface area contributed by atoms with Crippen LogP contribution in [0.15, 0.2) is 18.2 Å². The number of aliphatic hydroxyl groups excluding tert-OH is 1. The van der Waals surface area contributed by atoms with Gasteiger partial charge in [-0.25, -0.2) is 4.39 Å². The number of rotatable bonds is 8. The number of allylic oxidation sites excluding steroid dienone is 1. The second kappa shape index (κ2) is 9.36. The first-order valence-electron chi connectivity index (χ1n) is 10.3. The number of hydrogen-bond acceptors (Lipinski definition) is 4. The van der Waals surface area contributed by atoms with Crippen LogP contribution in [0.25, 0.3) is 11.6 Å². The molecule has 1 aromatic heterocycles. The van der Waals surface area contributed by atoms with E-state index in [1.807, 2.05) is 0 Å². The highest BCUT2D eigenvalue weighted by Gasteiger charge is 2.26. The highest BCUT2D eigenvalue weighted by atomic mass is 19.1. The van der Waals surface area contributed by atoms with Gasteiger partial charge in [0.15, 0.2) is 5.78 Å². The average Bonchev–Trinajstić information content (AvgIpc) is 3.21. The molecule has 1 aliphatic rings. The van der Waals surface area contributed by atoms with Crippen LogP contribution in [0, 0.1) is 12.7 Å². The van der Waals surface area contributed by atoms with E-state index in [9.17, 15) is 19.1 Å².